The van der Waals surface area contributed by atoms with Crippen molar-refractivity contribution in [3.8, 4) is 0 Å². The highest BCUT2D eigenvalue weighted by molar-refractivity contribution is 9.10. The fraction of sp³-hybridized carbons (Fsp3) is 0.533. The third kappa shape index (κ3) is 4.54. The molecule has 1 fully saturated rings. The molecule has 0 aromatic heterocycles. The molecule has 1 N–H and O–H groups in total. The number of hydrogen-bond acceptors (Lipinski definition) is 3. The van der Waals surface area contributed by atoms with E-state index in [4.69, 9.17) is 0 Å². The lowest BCUT2D eigenvalue weighted by atomic mass is 9.96. The van der Waals surface area contributed by atoms with Gasteiger partial charge in [0.1, 0.15) is 0 Å². The maximum absolute atomic E-state index is 12.3. The second-order valence-electron chi connectivity index (χ2n) is 5.72. The number of carbonyl (C=O) groups excluding carboxylic acids is 1. The zero-order valence-corrected chi connectivity index (χ0v) is 15.2. The smallest absolute Gasteiger partial charge is 0.223 e. The monoisotopic (exact) mass is 388 g/mol. The summed E-state index contributed by atoms with van der Waals surface area (Å²) in [6, 6.07) is 7.78. The van der Waals surface area contributed by atoms with Crippen LogP contribution >= 0.6 is 15.9 Å². The molecule has 22 heavy (non-hydrogen) atoms. The van der Waals surface area contributed by atoms with Gasteiger partial charge in [-0.2, -0.15) is 0 Å². The van der Waals surface area contributed by atoms with Gasteiger partial charge in [0.15, 0.2) is 0 Å². The Hall–Kier alpha value is -0.920. The summed E-state index contributed by atoms with van der Waals surface area (Å²) < 4.78 is 25.4. The van der Waals surface area contributed by atoms with Crippen LogP contribution < -0.4 is 5.32 Å². The Kier molecular flexibility index (Phi) is 5.63. The quantitative estimate of drug-likeness (QED) is 0.860. The molecule has 0 aliphatic carbocycles. The summed E-state index contributed by atoms with van der Waals surface area (Å²) in [4.78, 5) is 12.3. The third-order valence-electron chi connectivity index (χ3n) is 4.02. The first kappa shape index (κ1) is 17.4. The molecule has 1 aliphatic heterocycles. The van der Waals surface area contributed by atoms with Gasteiger partial charge in [0.2, 0.25) is 15.9 Å². The summed E-state index contributed by atoms with van der Waals surface area (Å²) >= 11 is 3.39. The lowest BCUT2D eigenvalue weighted by Crippen LogP contribution is -2.43. The molecule has 0 spiro atoms. The van der Waals surface area contributed by atoms with Crippen molar-refractivity contribution in [3.63, 3.8) is 0 Å². The molecular formula is C15H21BrN2O3S. The van der Waals surface area contributed by atoms with Crippen molar-refractivity contribution in [2.45, 2.75) is 25.8 Å². The van der Waals surface area contributed by atoms with Crippen molar-refractivity contribution >= 4 is 31.9 Å². The summed E-state index contributed by atoms with van der Waals surface area (Å²) in [6.07, 6.45) is 2.36. The highest BCUT2D eigenvalue weighted by atomic mass is 79.9. The van der Waals surface area contributed by atoms with Gasteiger partial charge >= 0.3 is 0 Å². The first-order chi connectivity index (χ1) is 10.3. The van der Waals surface area contributed by atoms with Crippen molar-refractivity contribution in [3.05, 3.63) is 34.3 Å². The Morgan fingerprint density at radius 3 is 2.32 bits per heavy atom. The van der Waals surface area contributed by atoms with Gasteiger partial charge < -0.3 is 5.32 Å². The van der Waals surface area contributed by atoms with Crippen LogP contribution in [-0.4, -0.2) is 38.0 Å². The first-order valence-electron chi connectivity index (χ1n) is 7.28. The number of halogens is 1. The van der Waals surface area contributed by atoms with Crippen molar-refractivity contribution in [2.24, 2.45) is 5.92 Å². The maximum Gasteiger partial charge on any atom is 0.223 e. The minimum atomic E-state index is -3.15. The number of nitrogens with one attached hydrogen (secondary N) is 1. The van der Waals surface area contributed by atoms with Gasteiger partial charge in [-0.3, -0.25) is 4.79 Å². The minimum absolute atomic E-state index is 0.00331. The summed E-state index contributed by atoms with van der Waals surface area (Å²) in [7, 11) is -3.15. The molecule has 2 rings (SSSR count). The number of sulfonamides is 1. The van der Waals surface area contributed by atoms with E-state index in [-0.39, 0.29) is 17.9 Å². The summed E-state index contributed by atoms with van der Waals surface area (Å²) in [5, 5.41) is 3.02. The molecule has 0 radical (unpaired) electrons. The molecule has 1 aromatic carbocycles. The number of amides is 1. The van der Waals surface area contributed by atoms with Crippen LogP contribution in [0.15, 0.2) is 28.7 Å². The molecule has 1 aromatic rings. The molecular weight excluding hydrogens is 368 g/mol. The number of benzene rings is 1. The van der Waals surface area contributed by atoms with Crippen molar-refractivity contribution in [2.75, 3.05) is 19.3 Å². The van der Waals surface area contributed by atoms with Gasteiger partial charge in [-0.15, -0.1) is 0 Å². The van der Waals surface area contributed by atoms with E-state index >= 15 is 0 Å². The van der Waals surface area contributed by atoms with E-state index in [1.807, 2.05) is 31.2 Å². The van der Waals surface area contributed by atoms with E-state index in [1.54, 1.807) is 0 Å². The van der Waals surface area contributed by atoms with Gasteiger partial charge in [0.25, 0.3) is 0 Å². The molecule has 7 heteroatoms. The van der Waals surface area contributed by atoms with Gasteiger partial charge in [-0.25, -0.2) is 12.7 Å². The fourth-order valence-corrected chi connectivity index (χ4v) is 3.75. The highest BCUT2D eigenvalue weighted by Crippen LogP contribution is 2.21. The molecule has 122 valence electrons. The van der Waals surface area contributed by atoms with Gasteiger partial charge in [0.05, 0.1) is 12.3 Å². The van der Waals surface area contributed by atoms with Gasteiger partial charge in [-0.1, -0.05) is 28.1 Å². The zero-order valence-electron chi connectivity index (χ0n) is 12.8. The van der Waals surface area contributed by atoms with E-state index in [0.717, 1.165) is 10.0 Å². The number of carbonyl (C=O) groups is 1. The maximum atomic E-state index is 12.3. The number of nitrogens with zero attached hydrogens (tertiary/aromatic N) is 1. The molecule has 1 amide bonds. The fourth-order valence-electron chi connectivity index (χ4n) is 2.62. The van der Waals surface area contributed by atoms with Crippen molar-refractivity contribution in [1.82, 2.24) is 9.62 Å². The lowest BCUT2D eigenvalue weighted by Gasteiger charge is -2.30. The van der Waals surface area contributed by atoms with Crippen molar-refractivity contribution in [1.29, 1.82) is 0 Å². The predicted molar refractivity (Wildman–Crippen MR) is 89.8 cm³/mol. The van der Waals surface area contributed by atoms with Crippen LogP contribution in [0.4, 0.5) is 0 Å². The Morgan fingerprint density at radius 1 is 1.27 bits per heavy atom. The lowest BCUT2D eigenvalue weighted by molar-refractivity contribution is -0.126. The minimum Gasteiger partial charge on any atom is -0.349 e. The summed E-state index contributed by atoms with van der Waals surface area (Å²) in [6.45, 7) is 2.79. The first-order valence-corrected chi connectivity index (χ1v) is 9.92. The Labute approximate surface area is 140 Å². The number of hydrogen-bond donors (Lipinski definition) is 1. The Bertz CT molecular complexity index is 623. The van der Waals surface area contributed by atoms with E-state index in [1.165, 1.54) is 10.6 Å². The number of piperidine rings is 1. The van der Waals surface area contributed by atoms with E-state index in [9.17, 15) is 13.2 Å². The van der Waals surface area contributed by atoms with Crippen LogP contribution in [-0.2, 0) is 14.8 Å². The van der Waals surface area contributed by atoms with Gasteiger partial charge in [0, 0.05) is 23.5 Å². The molecule has 1 aliphatic rings. The third-order valence-corrected chi connectivity index (χ3v) is 5.85. The highest BCUT2D eigenvalue weighted by Gasteiger charge is 2.29. The second kappa shape index (κ2) is 7.10. The molecule has 1 heterocycles. The molecule has 0 saturated carbocycles. The zero-order chi connectivity index (χ0) is 16.3. The van der Waals surface area contributed by atoms with Gasteiger partial charge in [-0.05, 0) is 37.5 Å². The molecule has 1 atom stereocenters. The van der Waals surface area contributed by atoms with Crippen LogP contribution in [0.2, 0.25) is 0 Å². The largest absolute Gasteiger partial charge is 0.349 e. The Morgan fingerprint density at radius 2 is 1.82 bits per heavy atom. The standard InChI is InChI=1S/C15H21BrN2O3S/c1-11(12-3-5-14(16)6-4-12)17-15(19)13-7-9-18(10-8-13)22(2,20)21/h3-6,11,13H,7-10H2,1-2H3,(H,17,19). The van der Waals surface area contributed by atoms with E-state index in [2.05, 4.69) is 21.2 Å². The average molecular weight is 389 g/mol. The van der Waals surface area contributed by atoms with Crippen molar-refractivity contribution < 1.29 is 13.2 Å². The van der Waals surface area contributed by atoms with Crippen LogP contribution in [0.25, 0.3) is 0 Å². The number of rotatable bonds is 4. The average Bonchev–Trinajstić information content (AvgIpc) is 2.47. The predicted octanol–water partition coefficient (Wildman–Crippen LogP) is 2.30. The van der Waals surface area contributed by atoms with Crippen LogP contribution in [0.3, 0.4) is 0 Å². The normalized spacial score (nSPS) is 18.9. The van der Waals surface area contributed by atoms with E-state index in [0.29, 0.717) is 25.9 Å². The second-order valence-corrected chi connectivity index (χ2v) is 8.62. The van der Waals surface area contributed by atoms with Crippen LogP contribution in [0, 0.1) is 5.92 Å². The SMILES string of the molecule is CC(NC(=O)C1CCN(S(C)(=O)=O)CC1)c1ccc(Br)cc1. The molecule has 0 bridgehead atoms. The molecule has 1 saturated heterocycles. The summed E-state index contributed by atoms with van der Waals surface area (Å²) in [5.74, 6) is -0.112. The van der Waals surface area contributed by atoms with E-state index < -0.39 is 10.0 Å². The van der Waals surface area contributed by atoms with Crippen LogP contribution in [0.1, 0.15) is 31.4 Å². The Balaban J connectivity index is 1.89. The molecule has 1 unspecified atom stereocenters. The molecule has 5 nitrogen and oxygen atoms in total. The topological polar surface area (TPSA) is 66.5 Å². The summed E-state index contributed by atoms with van der Waals surface area (Å²) in [5.41, 5.74) is 1.05. The van der Waals surface area contributed by atoms with Crippen LogP contribution in [0.5, 0.6) is 0 Å².